The summed E-state index contributed by atoms with van der Waals surface area (Å²) in [7, 11) is 0. The van der Waals surface area contributed by atoms with Crippen molar-refractivity contribution in [2.45, 2.75) is 25.4 Å². The maximum absolute atomic E-state index is 12.8. The molecule has 0 saturated heterocycles. The second-order valence-electron chi connectivity index (χ2n) is 5.62. The smallest absolute Gasteiger partial charge is 0.331 e. The average molecular weight is 306 g/mol. The number of rotatable bonds is 4. The van der Waals surface area contributed by atoms with E-state index >= 15 is 0 Å². The highest BCUT2D eigenvalue weighted by atomic mass is 16.6. The molecule has 1 aliphatic rings. The number of fused-ring (bicyclic) bond motifs is 2. The minimum atomic E-state index is -0.943. The Morgan fingerprint density at radius 3 is 2.09 bits per heavy atom. The van der Waals surface area contributed by atoms with E-state index < -0.39 is 11.6 Å². The SMILES string of the molecule is C=CC(=O)OC1(CCC)c2ccccc2C(=O)c2ccccc21. The van der Waals surface area contributed by atoms with Crippen molar-refractivity contribution in [1.82, 2.24) is 0 Å². The molecule has 2 aromatic rings. The summed E-state index contributed by atoms with van der Waals surface area (Å²) in [6, 6.07) is 14.7. The molecule has 0 spiro atoms. The lowest BCUT2D eigenvalue weighted by Gasteiger charge is -2.39. The first kappa shape index (κ1) is 15.2. The molecular formula is C20H18O3. The fraction of sp³-hybridized carbons (Fsp3) is 0.200. The van der Waals surface area contributed by atoms with Crippen molar-refractivity contribution in [2.75, 3.05) is 0 Å². The van der Waals surface area contributed by atoms with E-state index in [-0.39, 0.29) is 5.78 Å². The molecule has 1 aliphatic carbocycles. The van der Waals surface area contributed by atoms with Crippen molar-refractivity contribution in [3.63, 3.8) is 0 Å². The summed E-state index contributed by atoms with van der Waals surface area (Å²) in [5.41, 5.74) is 1.75. The van der Waals surface area contributed by atoms with Gasteiger partial charge in [0.25, 0.3) is 0 Å². The van der Waals surface area contributed by atoms with Crippen LogP contribution < -0.4 is 0 Å². The molecule has 0 unspecified atom stereocenters. The van der Waals surface area contributed by atoms with Crippen LogP contribution in [0.2, 0.25) is 0 Å². The van der Waals surface area contributed by atoms with E-state index in [1.54, 1.807) is 12.1 Å². The van der Waals surface area contributed by atoms with E-state index in [0.717, 1.165) is 17.5 Å². The van der Waals surface area contributed by atoms with Gasteiger partial charge in [-0.2, -0.15) is 0 Å². The zero-order chi connectivity index (χ0) is 16.4. The van der Waals surface area contributed by atoms with Crippen LogP contribution in [0.15, 0.2) is 61.2 Å². The summed E-state index contributed by atoms with van der Waals surface area (Å²) in [6.45, 7) is 5.54. The lowest BCUT2D eigenvalue weighted by Crippen LogP contribution is -2.39. The Balaban J connectivity index is 2.33. The molecule has 0 bridgehead atoms. The van der Waals surface area contributed by atoms with Crippen molar-refractivity contribution in [1.29, 1.82) is 0 Å². The summed E-state index contributed by atoms with van der Waals surface area (Å²) < 4.78 is 5.86. The molecule has 3 heteroatoms. The van der Waals surface area contributed by atoms with E-state index in [9.17, 15) is 9.59 Å². The minimum Gasteiger partial charge on any atom is -0.446 e. The highest BCUT2D eigenvalue weighted by Crippen LogP contribution is 2.45. The molecular weight excluding hydrogens is 288 g/mol. The van der Waals surface area contributed by atoms with E-state index in [4.69, 9.17) is 4.74 Å². The zero-order valence-electron chi connectivity index (χ0n) is 13.0. The van der Waals surface area contributed by atoms with Crippen LogP contribution in [-0.2, 0) is 15.1 Å². The summed E-state index contributed by atoms with van der Waals surface area (Å²) in [5, 5.41) is 0. The van der Waals surface area contributed by atoms with Crippen molar-refractivity contribution in [3.8, 4) is 0 Å². The molecule has 0 atom stereocenters. The summed E-state index contributed by atoms with van der Waals surface area (Å²) in [4.78, 5) is 24.8. The first-order chi connectivity index (χ1) is 11.1. The van der Waals surface area contributed by atoms with E-state index in [1.807, 2.05) is 43.3 Å². The predicted octanol–water partition coefficient (Wildman–Crippen LogP) is 4.00. The number of benzene rings is 2. The van der Waals surface area contributed by atoms with Gasteiger partial charge in [0, 0.05) is 28.3 Å². The summed E-state index contributed by atoms with van der Waals surface area (Å²) >= 11 is 0. The fourth-order valence-corrected chi connectivity index (χ4v) is 3.35. The molecule has 0 heterocycles. The van der Waals surface area contributed by atoms with Crippen LogP contribution in [0.1, 0.15) is 46.8 Å². The maximum Gasteiger partial charge on any atom is 0.331 e. The van der Waals surface area contributed by atoms with Crippen molar-refractivity contribution in [2.24, 2.45) is 0 Å². The number of carbonyl (C=O) groups is 2. The average Bonchev–Trinajstić information content (AvgIpc) is 2.60. The second-order valence-corrected chi connectivity index (χ2v) is 5.62. The Kier molecular flexibility index (Phi) is 3.87. The molecule has 0 aromatic heterocycles. The lowest BCUT2D eigenvalue weighted by atomic mass is 9.72. The van der Waals surface area contributed by atoms with Gasteiger partial charge in [0.05, 0.1) is 0 Å². The molecule has 23 heavy (non-hydrogen) atoms. The minimum absolute atomic E-state index is 0.0300. The van der Waals surface area contributed by atoms with E-state index in [1.165, 1.54) is 6.08 Å². The topological polar surface area (TPSA) is 43.4 Å². The van der Waals surface area contributed by atoms with Crippen molar-refractivity contribution >= 4 is 11.8 Å². The highest BCUT2D eigenvalue weighted by Gasteiger charge is 2.45. The normalized spacial score (nSPS) is 14.6. The van der Waals surface area contributed by atoms with Crippen LogP contribution in [0.5, 0.6) is 0 Å². The molecule has 0 fully saturated rings. The number of ether oxygens (including phenoxy) is 1. The van der Waals surface area contributed by atoms with Gasteiger partial charge in [-0.1, -0.05) is 68.5 Å². The van der Waals surface area contributed by atoms with Crippen LogP contribution in [0.25, 0.3) is 0 Å². The Morgan fingerprint density at radius 1 is 1.09 bits per heavy atom. The third-order valence-electron chi connectivity index (χ3n) is 4.26. The van der Waals surface area contributed by atoms with Crippen LogP contribution in [0, 0.1) is 0 Å². The molecule has 3 nitrogen and oxygen atoms in total. The number of ketones is 1. The Labute approximate surface area is 135 Å². The van der Waals surface area contributed by atoms with Crippen molar-refractivity contribution in [3.05, 3.63) is 83.4 Å². The highest BCUT2D eigenvalue weighted by molar-refractivity contribution is 6.13. The second kappa shape index (κ2) is 5.84. The number of carbonyl (C=O) groups excluding carboxylic acids is 2. The maximum atomic E-state index is 12.8. The lowest BCUT2D eigenvalue weighted by molar-refractivity contribution is -0.151. The van der Waals surface area contributed by atoms with Gasteiger partial charge in [-0.3, -0.25) is 4.79 Å². The first-order valence-corrected chi connectivity index (χ1v) is 7.73. The Bertz CT molecular complexity index is 739. The van der Waals surface area contributed by atoms with Crippen LogP contribution in [0.4, 0.5) is 0 Å². The molecule has 0 aliphatic heterocycles. The van der Waals surface area contributed by atoms with Gasteiger partial charge in [-0.15, -0.1) is 0 Å². The standard InChI is InChI=1S/C20H18O3/c1-3-13-20(23-18(21)4-2)16-11-7-5-9-14(16)19(22)15-10-6-8-12-17(15)20/h4-12H,2-3,13H2,1H3. The third-order valence-corrected chi connectivity index (χ3v) is 4.26. The van der Waals surface area contributed by atoms with E-state index in [2.05, 4.69) is 6.58 Å². The van der Waals surface area contributed by atoms with Gasteiger partial charge in [-0.25, -0.2) is 4.79 Å². The quantitative estimate of drug-likeness (QED) is 0.633. The largest absolute Gasteiger partial charge is 0.446 e. The zero-order valence-corrected chi connectivity index (χ0v) is 13.0. The Morgan fingerprint density at radius 2 is 1.61 bits per heavy atom. The van der Waals surface area contributed by atoms with Gasteiger partial charge in [0.15, 0.2) is 11.4 Å². The van der Waals surface area contributed by atoms with Gasteiger partial charge < -0.3 is 4.74 Å². The Hall–Kier alpha value is -2.68. The first-order valence-electron chi connectivity index (χ1n) is 7.73. The molecule has 3 rings (SSSR count). The summed E-state index contributed by atoms with van der Waals surface area (Å²) in [5.74, 6) is -0.519. The fourth-order valence-electron chi connectivity index (χ4n) is 3.35. The predicted molar refractivity (Wildman–Crippen MR) is 88.3 cm³/mol. The van der Waals surface area contributed by atoms with Gasteiger partial charge in [-0.05, 0) is 6.42 Å². The van der Waals surface area contributed by atoms with Crippen LogP contribution >= 0.6 is 0 Å². The molecule has 0 N–H and O–H groups in total. The van der Waals surface area contributed by atoms with Gasteiger partial charge in [0.1, 0.15) is 0 Å². The monoisotopic (exact) mass is 306 g/mol. The number of esters is 1. The van der Waals surface area contributed by atoms with Crippen molar-refractivity contribution < 1.29 is 14.3 Å². The summed E-state index contributed by atoms with van der Waals surface area (Å²) in [6.07, 6.45) is 2.58. The number of hydrogen-bond acceptors (Lipinski definition) is 3. The van der Waals surface area contributed by atoms with E-state index in [0.29, 0.717) is 17.5 Å². The molecule has 116 valence electrons. The third kappa shape index (κ3) is 2.29. The van der Waals surface area contributed by atoms with Gasteiger partial charge in [0.2, 0.25) is 0 Å². The molecule has 0 saturated carbocycles. The van der Waals surface area contributed by atoms with Gasteiger partial charge >= 0.3 is 5.97 Å². The van der Waals surface area contributed by atoms with Crippen LogP contribution in [-0.4, -0.2) is 11.8 Å². The molecule has 0 radical (unpaired) electrons. The molecule has 0 amide bonds. The molecule has 2 aromatic carbocycles. The number of hydrogen-bond donors (Lipinski definition) is 0. The van der Waals surface area contributed by atoms with Crippen LogP contribution in [0.3, 0.4) is 0 Å².